The van der Waals surface area contributed by atoms with Crippen LogP contribution in [-0.2, 0) is 6.61 Å². The second-order valence-corrected chi connectivity index (χ2v) is 4.54. The van der Waals surface area contributed by atoms with E-state index in [1.807, 2.05) is 0 Å². The van der Waals surface area contributed by atoms with Gasteiger partial charge < -0.3 is 14.2 Å². The molecule has 1 heterocycles. The summed E-state index contributed by atoms with van der Waals surface area (Å²) in [7, 11) is 0. The van der Waals surface area contributed by atoms with Gasteiger partial charge in [0.05, 0.1) is 0 Å². The molecule has 1 aliphatic heterocycles. The number of halogens is 3. The predicted octanol–water partition coefficient (Wildman–Crippen LogP) is 3.54. The molecule has 4 nitrogen and oxygen atoms in total. The molecule has 7 heteroatoms. The minimum atomic E-state index is -3.69. The van der Waals surface area contributed by atoms with Gasteiger partial charge in [-0.1, -0.05) is 6.07 Å². The van der Waals surface area contributed by atoms with E-state index in [0.717, 1.165) is 6.07 Å². The molecule has 0 spiro atoms. The lowest BCUT2D eigenvalue weighted by Crippen LogP contribution is -2.25. The van der Waals surface area contributed by atoms with Crippen molar-refractivity contribution in [1.29, 1.82) is 0 Å². The zero-order valence-corrected chi connectivity index (χ0v) is 11.0. The van der Waals surface area contributed by atoms with E-state index in [0.29, 0.717) is 11.8 Å². The molecule has 3 rings (SSSR count). The molecule has 0 aliphatic carbocycles. The topological polar surface area (TPSA) is 44.8 Å². The molecule has 0 saturated carbocycles. The molecule has 0 unspecified atom stereocenters. The zero-order valence-electron chi connectivity index (χ0n) is 11.0. The monoisotopic (exact) mass is 310 g/mol. The molecule has 22 heavy (non-hydrogen) atoms. The number of hydrogen-bond acceptors (Lipinski definition) is 4. The Morgan fingerprint density at radius 1 is 1.09 bits per heavy atom. The van der Waals surface area contributed by atoms with Crippen molar-refractivity contribution in [3.05, 3.63) is 53.3 Å². The van der Waals surface area contributed by atoms with Gasteiger partial charge >= 0.3 is 6.29 Å². The summed E-state index contributed by atoms with van der Waals surface area (Å²) < 4.78 is 53.2. The van der Waals surface area contributed by atoms with Crippen LogP contribution in [0.2, 0.25) is 0 Å². The van der Waals surface area contributed by atoms with Crippen molar-refractivity contribution in [2.24, 2.45) is 0 Å². The van der Waals surface area contributed by atoms with Crippen LogP contribution in [-0.4, -0.2) is 12.6 Å². The summed E-state index contributed by atoms with van der Waals surface area (Å²) >= 11 is 0. The Kier molecular flexibility index (Phi) is 3.40. The predicted molar refractivity (Wildman–Crippen MR) is 68.8 cm³/mol. The van der Waals surface area contributed by atoms with Crippen molar-refractivity contribution >= 4 is 6.29 Å². The standard InChI is InChI=1S/C15H9F3O4/c16-11-3-1-9(7-19)5-13(11)20-8-10-2-4-12-14(6-10)22-15(17,18)21-12/h1-7H,8H2. The third-order valence-corrected chi connectivity index (χ3v) is 2.95. The maximum Gasteiger partial charge on any atom is 0.586 e. The molecule has 0 saturated heterocycles. The molecule has 0 aromatic heterocycles. The summed E-state index contributed by atoms with van der Waals surface area (Å²) in [4.78, 5) is 10.7. The Balaban J connectivity index is 1.74. The molecule has 0 amide bonds. The fourth-order valence-electron chi connectivity index (χ4n) is 1.95. The van der Waals surface area contributed by atoms with E-state index in [-0.39, 0.29) is 29.4 Å². The van der Waals surface area contributed by atoms with Crippen molar-refractivity contribution in [2.75, 3.05) is 0 Å². The third kappa shape index (κ3) is 2.83. The summed E-state index contributed by atoms with van der Waals surface area (Å²) in [5, 5.41) is 0. The first-order chi connectivity index (χ1) is 10.5. The van der Waals surface area contributed by atoms with Crippen LogP contribution in [0.4, 0.5) is 13.2 Å². The Morgan fingerprint density at radius 2 is 1.86 bits per heavy atom. The average Bonchev–Trinajstić information content (AvgIpc) is 2.79. The highest BCUT2D eigenvalue weighted by Gasteiger charge is 2.43. The van der Waals surface area contributed by atoms with Gasteiger partial charge in [-0.25, -0.2) is 4.39 Å². The quantitative estimate of drug-likeness (QED) is 0.810. The molecular weight excluding hydrogens is 301 g/mol. The van der Waals surface area contributed by atoms with Crippen molar-refractivity contribution in [1.82, 2.24) is 0 Å². The van der Waals surface area contributed by atoms with Gasteiger partial charge in [0.1, 0.15) is 12.9 Å². The van der Waals surface area contributed by atoms with Crippen LogP contribution in [0.3, 0.4) is 0 Å². The van der Waals surface area contributed by atoms with E-state index in [4.69, 9.17) is 4.74 Å². The van der Waals surface area contributed by atoms with E-state index >= 15 is 0 Å². The second kappa shape index (κ2) is 5.25. The van der Waals surface area contributed by atoms with Gasteiger partial charge in [-0.05, 0) is 35.9 Å². The molecule has 2 aromatic carbocycles. The fraction of sp³-hybridized carbons (Fsp3) is 0.133. The number of hydrogen-bond donors (Lipinski definition) is 0. The molecule has 0 N–H and O–H groups in total. The van der Waals surface area contributed by atoms with Gasteiger partial charge in [-0.15, -0.1) is 8.78 Å². The van der Waals surface area contributed by atoms with Crippen molar-refractivity contribution in [3.8, 4) is 17.2 Å². The van der Waals surface area contributed by atoms with Crippen LogP contribution in [0.5, 0.6) is 17.2 Å². The molecule has 0 bridgehead atoms. The van der Waals surface area contributed by atoms with E-state index < -0.39 is 12.1 Å². The lowest BCUT2D eigenvalue weighted by atomic mass is 10.2. The highest BCUT2D eigenvalue weighted by Crippen LogP contribution is 2.41. The molecule has 0 radical (unpaired) electrons. The summed E-state index contributed by atoms with van der Waals surface area (Å²) in [6, 6.07) is 7.80. The first kappa shape index (κ1) is 14.2. The summed E-state index contributed by atoms with van der Waals surface area (Å²) in [6.07, 6.45) is -3.12. The summed E-state index contributed by atoms with van der Waals surface area (Å²) in [6.45, 7) is -0.0819. The number of alkyl halides is 2. The number of rotatable bonds is 4. The fourth-order valence-corrected chi connectivity index (χ4v) is 1.95. The number of ether oxygens (including phenoxy) is 3. The van der Waals surface area contributed by atoms with Gasteiger partial charge in [0.15, 0.2) is 23.1 Å². The highest BCUT2D eigenvalue weighted by molar-refractivity contribution is 5.75. The van der Waals surface area contributed by atoms with Crippen LogP contribution in [0, 0.1) is 5.82 Å². The van der Waals surface area contributed by atoms with Crippen molar-refractivity contribution in [2.45, 2.75) is 12.9 Å². The van der Waals surface area contributed by atoms with E-state index in [1.165, 1.54) is 30.3 Å². The number of benzene rings is 2. The van der Waals surface area contributed by atoms with Crippen molar-refractivity contribution < 1.29 is 32.2 Å². The normalized spacial score (nSPS) is 14.7. The largest absolute Gasteiger partial charge is 0.586 e. The van der Waals surface area contributed by atoms with Gasteiger partial charge in [0.2, 0.25) is 0 Å². The van der Waals surface area contributed by atoms with Crippen molar-refractivity contribution in [3.63, 3.8) is 0 Å². The molecular formula is C15H9F3O4. The lowest BCUT2D eigenvalue weighted by molar-refractivity contribution is -0.286. The molecule has 1 aliphatic rings. The minimum Gasteiger partial charge on any atom is -0.486 e. The minimum absolute atomic E-state index is 0.0807. The first-order valence-corrected chi connectivity index (χ1v) is 6.23. The van der Waals surface area contributed by atoms with Crippen LogP contribution in [0.15, 0.2) is 36.4 Å². The van der Waals surface area contributed by atoms with E-state index in [1.54, 1.807) is 0 Å². The Labute approximate surface area is 123 Å². The number of fused-ring (bicyclic) bond motifs is 1. The Morgan fingerprint density at radius 3 is 2.64 bits per heavy atom. The van der Waals surface area contributed by atoms with Crippen LogP contribution >= 0.6 is 0 Å². The molecule has 2 aromatic rings. The maximum absolute atomic E-state index is 13.5. The smallest absolute Gasteiger partial charge is 0.486 e. The van der Waals surface area contributed by atoms with Gasteiger partial charge in [-0.3, -0.25) is 4.79 Å². The third-order valence-electron chi connectivity index (χ3n) is 2.95. The SMILES string of the molecule is O=Cc1ccc(F)c(OCc2ccc3c(c2)OC(F)(F)O3)c1. The van der Waals surface area contributed by atoms with Crippen LogP contribution in [0.1, 0.15) is 15.9 Å². The number of carbonyl (C=O) groups excluding carboxylic acids is 1. The summed E-state index contributed by atoms with van der Waals surface area (Å²) in [5.74, 6) is -0.929. The molecule has 0 fully saturated rings. The number of carbonyl (C=O) groups is 1. The van der Waals surface area contributed by atoms with Gasteiger partial charge in [-0.2, -0.15) is 0 Å². The summed E-state index contributed by atoms with van der Waals surface area (Å²) in [5.41, 5.74) is 0.748. The zero-order chi connectivity index (χ0) is 15.7. The molecule has 114 valence electrons. The maximum atomic E-state index is 13.5. The van der Waals surface area contributed by atoms with Crippen LogP contribution < -0.4 is 14.2 Å². The molecule has 0 atom stereocenters. The van der Waals surface area contributed by atoms with E-state index in [9.17, 15) is 18.0 Å². The highest BCUT2D eigenvalue weighted by atomic mass is 19.3. The lowest BCUT2D eigenvalue weighted by Gasteiger charge is -2.08. The van der Waals surface area contributed by atoms with Gasteiger partial charge in [0.25, 0.3) is 0 Å². The Bertz CT molecular complexity index is 731. The van der Waals surface area contributed by atoms with E-state index in [2.05, 4.69) is 9.47 Å². The second-order valence-electron chi connectivity index (χ2n) is 4.54. The van der Waals surface area contributed by atoms with Crippen LogP contribution in [0.25, 0.3) is 0 Å². The van der Waals surface area contributed by atoms with Gasteiger partial charge in [0, 0.05) is 5.56 Å². The number of aldehydes is 1. The first-order valence-electron chi connectivity index (χ1n) is 6.23. The average molecular weight is 310 g/mol. The Hall–Kier alpha value is -2.70.